The second-order valence-electron chi connectivity index (χ2n) is 16.4. The molecule has 2 aliphatic rings. The van der Waals surface area contributed by atoms with Crippen molar-refractivity contribution < 1.29 is 0 Å². The third-order valence-corrected chi connectivity index (χ3v) is 12.8. The van der Waals surface area contributed by atoms with Gasteiger partial charge in [-0.2, -0.15) is 0 Å². The molecule has 0 aliphatic carbocycles. The molecule has 0 spiro atoms. The molecule has 0 radical (unpaired) electrons. The van der Waals surface area contributed by atoms with E-state index in [4.69, 9.17) is 0 Å². The Morgan fingerprint density at radius 1 is 0.281 bits per heavy atom. The molecule has 0 amide bonds. The first-order chi connectivity index (χ1) is 31.8. The Kier molecular flexibility index (Phi) is 9.27. The van der Waals surface area contributed by atoms with Gasteiger partial charge in [-0.3, -0.25) is 0 Å². The maximum absolute atomic E-state index is 2.59. The van der Waals surface area contributed by atoms with Gasteiger partial charge in [0.25, 0.3) is 6.71 Å². The topological polar surface area (TPSA) is 9.72 Å². The Bertz CT molecular complexity index is 3190. The highest BCUT2D eigenvalue weighted by Crippen LogP contribution is 2.52. The van der Waals surface area contributed by atoms with Crippen LogP contribution in [0.15, 0.2) is 255 Å². The molecule has 2 heterocycles. The van der Waals surface area contributed by atoms with Crippen molar-refractivity contribution in [3.8, 4) is 33.4 Å². The summed E-state index contributed by atoms with van der Waals surface area (Å²) in [5.41, 5.74) is 21.0. The lowest BCUT2D eigenvalue weighted by Gasteiger charge is -2.46. The van der Waals surface area contributed by atoms with Crippen LogP contribution in [0.25, 0.3) is 33.4 Å². The molecule has 2 aliphatic heterocycles. The first-order valence-electron chi connectivity index (χ1n) is 22.1. The number of nitrogens with zero attached hydrogens (tertiary/aromatic N) is 3. The van der Waals surface area contributed by atoms with Gasteiger partial charge in [-0.15, -0.1) is 0 Å². The summed E-state index contributed by atoms with van der Waals surface area (Å²) >= 11 is 0. The van der Waals surface area contributed by atoms with Crippen molar-refractivity contribution in [1.82, 2.24) is 0 Å². The second kappa shape index (κ2) is 15.8. The monoisotopic (exact) mass is 815 g/mol. The van der Waals surface area contributed by atoms with E-state index in [0.717, 1.165) is 39.8 Å². The zero-order valence-corrected chi connectivity index (χ0v) is 35.2. The van der Waals surface area contributed by atoms with Gasteiger partial charge in [0, 0.05) is 50.8 Å². The maximum atomic E-state index is 2.59. The normalized spacial score (nSPS) is 12.3. The van der Waals surface area contributed by atoms with Gasteiger partial charge in [0.15, 0.2) is 0 Å². The summed E-state index contributed by atoms with van der Waals surface area (Å²) in [7, 11) is 0. The van der Waals surface area contributed by atoms with Crippen LogP contribution in [0.4, 0.5) is 51.2 Å². The fourth-order valence-electron chi connectivity index (χ4n) is 10.1. The molecule has 64 heavy (non-hydrogen) atoms. The van der Waals surface area contributed by atoms with E-state index in [1.165, 1.54) is 61.1 Å². The fraction of sp³-hybridized carbons (Fsp3) is 0. The Morgan fingerprint density at radius 2 is 0.656 bits per heavy atom. The summed E-state index contributed by atoms with van der Waals surface area (Å²) in [4.78, 5) is 7.54. The average Bonchev–Trinajstić information content (AvgIpc) is 3.37. The molecule has 0 aromatic heterocycles. The minimum absolute atomic E-state index is 0.0335. The third-order valence-electron chi connectivity index (χ3n) is 12.8. The first-order valence-corrected chi connectivity index (χ1v) is 22.1. The Balaban J connectivity index is 1.24. The Hall–Kier alpha value is -8.34. The summed E-state index contributed by atoms with van der Waals surface area (Å²) < 4.78 is 0. The number of anilines is 9. The Morgan fingerprint density at radius 3 is 1.17 bits per heavy atom. The standard InChI is InChI=1S/C60H42BN3/c1-6-23-43(24-7-1)49-33-16-19-38-54(49)63-55-39-20-17-36-52(55)61-53-37-18-21-40-56(53)64(60-50(44-25-8-2-9-26-44)34-22-35-51(60)45-27-10-3-11-28-45)58-42-48(41-57(63)59(58)61)62(46-29-12-4-13-30-46)47-31-14-5-15-32-47/h1-42H. The summed E-state index contributed by atoms with van der Waals surface area (Å²) in [6.45, 7) is -0.0335. The van der Waals surface area contributed by atoms with Gasteiger partial charge in [0.2, 0.25) is 0 Å². The number of benzene rings is 10. The molecule has 0 saturated carbocycles. The zero-order chi connectivity index (χ0) is 42.4. The number of para-hydroxylation sites is 6. The van der Waals surface area contributed by atoms with Gasteiger partial charge in [-0.1, -0.05) is 200 Å². The van der Waals surface area contributed by atoms with Crippen LogP contribution < -0.4 is 31.1 Å². The SMILES string of the molecule is c1ccc(-c2ccccc2N2c3ccccc3B3c4ccccc4N(c4c(-c5ccccc5)cccc4-c4ccccc4)c4cc(N(c5ccccc5)c5ccccc5)cc2c43)cc1. The largest absolute Gasteiger partial charge is 0.311 e. The highest BCUT2D eigenvalue weighted by atomic mass is 15.2. The molecule has 12 rings (SSSR count). The van der Waals surface area contributed by atoms with Crippen LogP contribution >= 0.6 is 0 Å². The number of hydrogen-bond donors (Lipinski definition) is 0. The zero-order valence-electron chi connectivity index (χ0n) is 35.2. The van der Waals surface area contributed by atoms with Crippen LogP contribution in [0.2, 0.25) is 0 Å². The molecule has 0 N–H and O–H groups in total. The quantitative estimate of drug-likeness (QED) is 0.142. The molecule has 0 saturated heterocycles. The lowest BCUT2D eigenvalue weighted by Crippen LogP contribution is -2.61. The summed E-state index contributed by atoms with van der Waals surface area (Å²) in [6.07, 6.45) is 0. The van der Waals surface area contributed by atoms with Gasteiger partial charge in [0.1, 0.15) is 0 Å². The van der Waals surface area contributed by atoms with E-state index in [0.29, 0.717) is 0 Å². The van der Waals surface area contributed by atoms with E-state index >= 15 is 0 Å². The van der Waals surface area contributed by atoms with E-state index in [-0.39, 0.29) is 6.71 Å². The smallest absolute Gasteiger partial charge is 0.252 e. The van der Waals surface area contributed by atoms with Crippen LogP contribution in [0.1, 0.15) is 0 Å². The molecule has 0 atom stereocenters. The maximum Gasteiger partial charge on any atom is 0.252 e. The molecule has 0 fully saturated rings. The summed E-state index contributed by atoms with van der Waals surface area (Å²) in [5.74, 6) is 0. The van der Waals surface area contributed by atoms with Gasteiger partial charge in [0.05, 0.1) is 17.1 Å². The van der Waals surface area contributed by atoms with Crippen LogP contribution in [-0.2, 0) is 0 Å². The van der Waals surface area contributed by atoms with E-state index < -0.39 is 0 Å². The number of hydrogen-bond acceptors (Lipinski definition) is 3. The molecular formula is C60H42BN3. The van der Waals surface area contributed by atoms with Crippen molar-refractivity contribution in [3.63, 3.8) is 0 Å². The van der Waals surface area contributed by atoms with E-state index in [2.05, 4.69) is 269 Å². The van der Waals surface area contributed by atoms with Crippen LogP contribution in [0, 0.1) is 0 Å². The summed E-state index contributed by atoms with van der Waals surface area (Å²) in [5, 5.41) is 0. The van der Waals surface area contributed by atoms with Gasteiger partial charge >= 0.3 is 0 Å². The Labute approximate surface area is 375 Å². The van der Waals surface area contributed by atoms with Crippen molar-refractivity contribution >= 4 is 74.3 Å². The van der Waals surface area contributed by atoms with Gasteiger partial charge in [-0.05, 0) is 87.7 Å². The second-order valence-corrected chi connectivity index (χ2v) is 16.4. The number of fused-ring (bicyclic) bond motifs is 4. The van der Waals surface area contributed by atoms with E-state index in [1.807, 2.05) is 0 Å². The van der Waals surface area contributed by atoms with E-state index in [9.17, 15) is 0 Å². The molecule has 0 unspecified atom stereocenters. The van der Waals surface area contributed by atoms with E-state index in [1.54, 1.807) is 0 Å². The average molecular weight is 816 g/mol. The van der Waals surface area contributed by atoms with Crippen molar-refractivity contribution in [1.29, 1.82) is 0 Å². The predicted molar refractivity (Wildman–Crippen MR) is 271 cm³/mol. The first kappa shape index (κ1) is 37.4. The predicted octanol–water partition coefficient (Wildman–Crippen LogP) is 14.2. The van der Waals surface area contributed by atoms with Crippen molar-refractivity contribution in [2.45, 2.75) is 0 Å². The van der Waals surface area contributed by atoms with Crippen molar-refractivity contribution in [3.05, 3.63) is 255 Å². The highest BCUT2D eigenvalue weighted by Gasteiger charge is 2.44. The van der Waals surface area contributed by atoms with Crippen molar-refractivity contribution in [2.24, 2.45) is 0 Å². The highest BCUT2D eigenvalue weighted by molar-refractivity contribution is 7.00. The fourth-order valence-corrected chi connectivity index (χ4v) is 10.1. The molecule has 10 aromatic rings. The molecule has 300 valence electrons. The molecule has 0 bridgehead atoms. The minimum Gasteiger partial charge on any atom is -0.311 e. The van der Waals surface area contributed by atoms with Crippen LogP contribution in [-0.4, -0.2) is 6.71 Å². The minimum atomic E-state index is -0.0335. The van der Waals surface area contributed by atoms with Gasteiger partial charge in [-0.25, -0.2) is 0 Å². The lowest BCUT2D eigenvalue weighted by molar-refractivity contribution is 1.23. The van der Waals surface area contributed by atoms with Crippen LogP contribution in [0.3, 0.4) is 0 Å². The molecular weight excluding hydrogens is 773 g/mol. The summed E-state index contributed by atoms with van der Waals surface area (Å²) in [6, 6.07) is 92.8. The van der Waals surface area contributed by atoms with Crippen molar-refractivity contribution in [2.75, 3.05) is 14.7 Å². The number of rotatable bonds is 8. The molecule has 4 heteroatoms. The molecule has 3 nitrogen and oxygen atoms in total. The third kappa shape index (κ3) is 6.22. The molecule has 10 aromatic carbocycles. The van der Waals surface area contributed by atoms with Gasteiger partial charge < -0.3 is 14.7 Å². The van der Waals surface area contributed by atoms with Crippen LogP contribution in [0.5, 0.6) is 0 Å². The lowest BCUT2D eigenvalue weighted by atomic mass is 9.33.